The summed E-state index contributed by atoms with van der Waals surface area (Å²) >= 11 is 1.64. The van der Waals surface area contributed by atoms with Gasteiger partial charge in [-0.1, -0.05) is 37.1 Å². The molecule has 0 saturated carbocycles. The van der Waals surface area contributed by atoms with E-state index in [2.05, 4.69) is 19.1 Å². The molecule has 188 valence electrons. The Morgan fingerprint density at radius 2 is 1.65 bits per heavy atom. The normalized spacial score (nSPS) is 35.4. The van der Waals surface area contributed by atoms with Crippen molar-refractivity contribution in [1.82, 2.24) is 14.7 Å². The first-order valence-electron chi connectivity index (χ1n) is 12.5. The fraction of sp³-hybridized carbons (Fsp3) is 0.731. The topological polar surface area (TPSA) is 81.2 Å². The van der Waals surface area contributed by atoms with Crippen molar-refractivity contribution < 1.29 is 19.5 Å². The molecule has 2 saturated heterocycles. The molecule has 3 amide bonds. The second kappa shape index (κ2) is 9.01. The number of likely N-dealkylation sites (tertiary alicyclic amines) is 1. The summed E-state index contributed by atoms with van der Waals surface area (Å²) in [5.41, 5.74) is -0.381. The molecular weight excluding hydrogens is 450 g/mol. The van der Waals surface area contributed by atoms with Crippen LogP contribution in [0.15, 0.2) is 24.3 Å². The smallest absolute Gasteiger partial charge is 0.247 e. The van der Waals surface area contributed by atoms with Gasteiger partial charge in [0.05, 0.1) is 16.6 Å². The number of carbonyl (C=O) groups is 3. The molecule has 1 spiro atoms. The Kier molecular flexibility index (Phi) is 6.70. The predicted molar refractivity (Wildman–Crippen MR) is 134 cm³/mol. The number of amides is 3. The SMILES string of the molecule is CN1CC=C[C@]2(C)S[C@]34C=CCN(C(C)(C)C)C(=O)C3N(CCCCCCO)C(=O)[C@@H]4[C@@H]2C1=O. The zero-order valence-electron chi connectivity index (χ0n) is 21.1. The number of unbranched alkanes of at least 4 members (excludes halogenated alkanes) is 3. The summed E-state index contributed by atoms with van der Waals surface area (Å²) in [6, 6.07) is -0.624. The molecule has 4 aliphatic rings. The van der Waals surface area contributed by atoms with E-state index in [9.17, 15) is 14.4 Å². The summed E-state index contributed by atoms with van der Waals surface area (Å²) < 4.78 is -1.31. The average Bonchev–Trinajstić information content (AvgIpc) is 3.01. The second-order valence-electron chi connectivity index (χ2n) is 11.3. The van der Waals surface area contributed by atoms with Crippen molar-refractivity contribution in [2.24, 2.45) is 11.8 Å². The maximum Gasteiger partial charge on any atom is 0.247 e. The molecule has 0 aromatic rings. The number of nitrogens with zero attached hydrogens (tertiary/aromatic N) is 3. The molecule has 7 nitrogen and oxygen atoms in total. The largest absolute Gasteiger partial charge is 0.396 e. The molecule has 1 unspecified atom stereocenters. The lowest BCUT2D eigenvalue weighted by Crippen LogP contribution is -2.57. The predicted octanol–water partition coefficient (Wildman–Crippen LogP) is 2.45. The molecule has 0 aliphatic carbocycles. The van der Waals surface area contributed by atoms with Crippen molar-refractivity contribution in [2.45, 2.75) is 74.5 Å². The Bertz CT molecular complexity index is 912. The maximum absolute atomic E-state index is 14.2. The van der Waals surface area contributed by atoms with Crippen LogP contribution in [0.4, 0.5) is 0 Å². The van der Waals surface area contributed by atoms with Gasteiger partial charge < -0.3 is 19.8 Å². The molecule has 4 heterocycles. The number of hydrogen-bond acceptors (Lipinski definition) is 5. The number of aliphatic hydroxyl groups is 1. The Hall–Kier alpha value is -1.80. The van der Waals surface area contributed by atoms with Crippen LogP contribution in [0.3, 0.4) is 0 Å². The monoisotopic (exact) mass is 489 g/mol. The molecule has 1 N–H and O–H groups in total. The maximum atomic E-state index is 14.2. The van der Waals surface area contributed by atoms with Gasteiger partial charge in [-0.15, -0.1) is 11.8 Å². The highest BCUT2D eigenvalue weighted by atomic mass is 32.2. The van der Waals surface area contributed by atoms with Crippen molar-refractivity contribution in [1.29, 1.82) is 0 Å². The molecular formula is C26H39N3O4S. The summed E-state index contributed by atoms with van der Waals surface area (Å²) in [5.74, 6) is -1.19. The van der Waals surface area contributed by atoms with Crippen LogP contribution in [0.2, 0.25) is 0 Å². The van der Waals surface area contributed by atoms with E-state index in [1.54, 1.807) is 28.6 Å². The van der Waals surface area contributed by atoms with Crippen LogP contribution < -0.4 is 0 Å². The number of hydrogen-bond donors (Lipinski definition) is 1. The molecule has 0 bridgehead atoms. The number of rotatable bonds is 6. The van der Waals surface area contributed by atoms with Crippen LogP contribution in [0.25, 0.3) is 0 Å². The minimum Gasteiger partial charge on any atom is -0.396 e. The van der Waals surface area contributed by atoms with Crippen molar-refractivity contribution in [2.75, 3.05) is 33.3 Å². The average molecular weight is 490 g/mol. The van der Waals surface area contributed by atoms with Gasteiger partial charge in [0.2, 0.25) is 17.7 Å². The summed E-state index contributed by atoms with van der Waals surface area (Å²) in [6.07, 6.45) is 11.5. The molecule has 0 aromatic heterocycles. The third-order valence-electron chi connectivity index (χ3n) is 7.88. The summed E-state index contributed by atoms with van der Waals surface area (Å²) in [7, 11) is 1.79. The number of carbonyl (C=O) groups excluding carboxylic acids is 3. The van der Waals surface area contributed by atoms with Gasteiger partial charge in [0, 0.05) is 43.6 Å². The molecule has 4 aliphatic heterocycles. The third-order valence-corrected chi connectivity index (χ3v) is 9.67. The van der Waals surface area contributed by atoms with E-state index in [1.165, 1.54) is 0 Å². The standard InChI is InChI=1S/C26H39N3O4S/c1-24(2,3)29-16-11-13-26-19(18-21(31)27(5)14-10-12-25(18,4)34-26)22(32)28(20(26)23(29)33)15-8-6-7-9-17-30/h10-13,18-20,30H,6-9,14-17H2,1-5H3/t18-,19+,20?,25+,26+/m1/s1. The van der Waals surface area contributed by atoms with E-state index in [-0.39, 0.29) is 29.9 Å². The molecule has 2 fully saturated rings. The van der Waals surface area contributed by atoms with Gasteiger partial charge >= 0.3 is 0 Å². The summed E-state index contributed by atoms with van der Waals surface area (Å²) in [5, 5.41) is 9.09. The highest BCUT2D eigenvalue weighted by molar-refractivity contribution is 8.02. The van der Waals surface area contributed by atoms with Gasteiger partial charge in [0.25, 0.3) is 0 Å². The molecule has 5 atom stereocenters. The van der Waals surface area contributed by atoms with Crippen molar-refractivity contribution >= 4 is 29.5 Å². The lowest BCUT2D eigenvalue weighted by molar-refractivity contribution is -0.146. The summed E-state index contributed by atoms with van der Waals surface area (Å²) in [6.45, 7) is 9.82. The number of aliphatic hydroxyl groups excluding tert-OH is 1. The molecule has 0 radical (unpaired) electrons. The van der Waals surface area contributed by atoms with Crippen LogP contribution in [-0.4, -0.2) is 91.9 Å². The van der Waals surface area contributed by atoms with Crippen LogP contribution in [0.5, 0.6) is 0 Å². The highest BCUT2D eigenvalue weighted by Crippen LogP contribution is 2.65. The first-order valence-corrected chi connectivity index (χ1v) is 13.3. The van der Waals surface area contributed by atoms with Gasteiger partial charge in [0.15, 0.2) is 0 Å². The van der Waals surface area contributed by atoms with E-state index >= 15 is 0 Å². The van der Waals surface area contributed by atoms with E-state index in [0.29, 0.717) is 19.6 Å². The van der Waals surface area contributed by atoms with Crippen LogP contribution in [-0.2, 0) is 14.4 Å². The summed E-state index contributed by atoms with van der Waals surface area (Å²) in [4.78, 5) is 47.2. The van der Waals surface area contributed by atoms with E-state index in [0.717, 1.165) is 25.7 Å². The first kappa shape index (κ1) is 25.3. The lowest BCUT2D eigenvalue weighted by atomic mass is 9.74. The second-order valence-corrected chi connectivity index (χ2v) is 13.1. The number of likely N-dealkylation sites (N-methyl/N-ethyl adjacent to an activating group) is 1. The van der Waals surface area contributed by atoms with E-state index in [1.807, 2.05) is 37.8 Å². The highest BCUT2D eigenvalue weighted by Gasteiger charge is 2.73. The number of fused-ring (bicyclic) bond motifs is 2. The zero-order chi connectivity index (χ0) is 24.9. The fourth-order valence-electron chi connectivity index (χ4n) is 6.23. The lowest BCUT2D eigenvalue weighted by Gasteiger charge is -2.41. The Morgan fingerprint density at radius 3 is 2.32 bits per heavy atom. The van der Waals surface area contributed by atoms with Crippen molar-refractivity contribution in [3.05, 3.63) is 24.3 Å². The van der Waals surface area contributed by atoms with Gasteiger partial charge in [-0.2, -0.15) is 0 Å². The van der Waals surface area contributed by atoms with Crippen molar-refractivity contribution in [3.63, 3.8) is 0 Å². The van der Waals surface area contributed by atoms with Gasteiger partial charge in [-0.25, -0.2) is 0 Å². The molecule has 34 heavy (non-hydrogen) atoms. The Balaban J connectivity index is 1.77. The van der Waals surface area contributed by atoms with E-state index < -0.39 is 27.4 Å². The van der Waals surface area contributed by atoms with Crippen LogP contribution >= 0.6 is 11.8 Å². The quantitative estimate of drug-likeness (QED) is 0.458. The Morgan fingerprint density at radius 1 is 0.971 bits per heavy atom. The molecule has 8 heteroatoms. The van der Waals surface area contributed by atoms with Crippen LogP contribution in [0, 0.1) is 11.8 Å². The van der Waals surface area contributed by atoms with E-state index in [4.69, 9.17) is 5.11 Å². The van der Waals surface area contributed by atoms with Gasteiger partial charge in [-0.05, 0) is 40.5 Å². The minimum absolute atomic E-state index is 0.0171. The Labute approximate surface area is 207 Å². The number of thioether (sulfide) groups is 1. The van der Waals surface area contributed by atoms with Gasteiger partial charge in [0.1, 0.15) is 6.04 Å². The van der Waals surface area contributed by atoms with Crippen molar-refractivity contribution in [3.8, 4) is 0 Å². The molecule has 4 rings (SSSR count). The van der Waals surface area contributed by atoms with Crippen LogP contribution in [0.1, 0.15) is 53.4 Å². The fourth-order valence-corrected chi connectivity index (χ4v) is 8.39. The first-order chi connectivity index (χ1) is 16.0. The van der Waals surface area contributed by atoms with Gasteiger partial charge in [-0.3, -0.25) is 14.4 Å². The minimum atomic E-state index is -0.767. The zero-order valence-corrected chi connectivity index (χ0v) is 21.9. The molecule has 0 aromatic carbocycles. The third kappa shape index (κ3) is 3.91.